The monoisotopic (exact) mass is 232 g/mol. The second-order valence-corrected chi connectivity index (χ2v) is 5.03. The molecule has 2 aliphatic rings. The maximum atomic E-state index is 4.52. The topological polar surface area (TPSA) is 41.0 Å². The molecule has 0 saturated carbocycles. The molecule has 1 aromatic heterocycles. The van der Waals surface area contributed by atoms with Gasteiger partial charge in [0.15, 0.2) is 0 Å². The summed E-state index contributed by atoms with van der Waals surface area (Å²) >= 11 is 0. The summed E-state index contributed by atoms with van der Waals surface area (Å²) < 4.78 is 0. The lowest BCUT2D eigenvalue weighted by atomic mass is 10.0. The molecule has 1 N–H and O–H groups in total. The third-order valence-electron chi connectivity index (χ3n) is 4.05. The molecule has 92 valence electrons. The SMILES string of the molecule is CNC1CCN(c2ncnc3c2CCC3)CC1. The summed E-state index contributed by atoms with van der Waals surface area (Å²) in [4.78, 5) is 11.4. The fourth-order valence-electron chi connectivity index (χ4n) is 2.99. The first-order chi connectivity index (χ1) is 8.38. The van der Waals surface area contributed by atoms with Crippen LogP contribution >= 0.6 is 0 Å². The van der Waals surface area contributed by atoms with Crippen LogP contribution in [0.15, 0.2) is 6.33 Å². The number of hydrogen-bond acceptors (Lipinski definition) is 4. The Morgan fingerprint density at radius 1 is 1.24 bits per heavy atom. The molecule has 4 nitrogen and oxygen atoms in total. The summed E-state index contributed by atoms with van der Waals surface area (Å²) in [6.07, 6.45) is 7.72. The van der Waals surface area contributed by atoms with Crippen molar-refractivity contribution in [2.75, 3.05) is 25.0 Å². The number of rotatable bonds is 2. The summed E-state index contributed by atoms with van der Waals surface area (Å²) in [5.74, 6) is 1.21. The molecule has 0 bridgehead atoms. The van der Waals surface area contributed by atoms with Gasteiger partial charge in [-0.05, 0) is 39.2 Å². The average Bonchev–Trinajstić information content (AvgIpc) is 2.87. The molecule has 3 rings (SSSR count). The molecule has 1 aliphatic carbocycles. The van der Waals surface area contributed by atoms with Crippen LogP contribution in [0.5, 0.6) is 0 Å². The second-order valence-electron chi connectivity index (χ2n) is 5.03. The zero-order valence-corrected chi connectivity index (χ0v) is 10.4. The lowest BCUT2D eigenvalue weighted by molar-refractivity contribution is 0.440. The predicted molar refractivity (Wildman–Crippen MR) is 68.4 cm³/mol. The minimum Gasteiger partial charge on any atom is -0.356 e. The number of nitrogens with one attached hydrogen (secondary N) is 1. The zero-order chi connectivity index (χ0) is 11.7. The van der Waals surface area contributed by atoms with Crippen molar-refractivity contribution in [3.8, 4) is 0 Å². The van der Waals surface area contributed by atoms with E-state index in [4.69, 9.17) is 0 Å². The van der Waals surface area contributed by atoms with E-state index in [-0.39, 0.29) is 0 Å². The van der Waals surface area contributed by atoms with Gasteiger partial charge in [-0.25, -0.2) is 9.97 Å². The molecule has 2 heterocycles. The van der Waals surface area contributed by atoms with E-state index < -0.39 is 0 Å². The van der Waals surface area contributed by atoms with E-state index in [0.29, 0.717) is 6.04 Å². The zero-order valence-electron chi connectivity index (χ0n) is 10.4. The van der Waals surface area contributed by atoms with Gasteiger partial charge in [-0.2, -0.15) is 0 Å². The van der Waals surface area contributed by atoms with Crippen molar-refractivity contribution in [1.82, 2.24) is 15.3 Å². The van der Waals surface area contributed by atoms with Crippen molar-refractivity contribution in [3.63, 3.8) is 0 Å². The van der Waals surface area contributed by atoms with Crippen LogP contribution < -0.4 is 10.2 Å². The fourth-order valence-corrected chi connectivity index (χ4v) is 2.99. The molecule has 0 amide bonds. The third kappa shape index (κ3) is 2.02. The van der Waals surface area contributed by atoms with E-state index in [1.165, 1.54) is 36.3 Å². The van der Waals surface area contributed by atoms with Crippen LogP contribution in [0.4, 0.5) is 5.82 Å². The minimum atomic E-state index is 0.682. The quantitative estimate of drug-likeness (QED) is 0.830. The van der Waals surface area contributed by atoms with Crippen molar-refractivity contribution < 1.29 is 0 Å². The summed E-state index contributed by atoms with van der Waals surface area (Å²) in [5, 5.41) is 3.37. The molecule has 0 spiro atoms. The molecular formula is C13H20N4. The molecule has 4 heteroatoms. The van der Waals surface area contributed by atoms with Gasteiger partial charge in [0.25, 0.3) is 0 Å². The fraction of sp³-hybridized carbons (Fsp3) is 0.692. The minimum absolute atomic E-state index is 0.682. The Balaban J connectivity index is 1.79. The van der Waals surface area contributed by atoms with Gasteiger partial charge < -0.3 is 10.2 Å². The number of aromatic nitrogens is 2. The number of piperidine rings is 1. The maximum Gasteiger partial charge on any atom is 0.135 e. The lowest BCUT2D eigenvalue weighted by Crippen LogP contribution is -2.41. The van der Waals surface area contributed by atoms with Gasteiger partial charge in [0.2, 0.25) is 0 Å². The Labute approximate surface area is 102 Å². The largest absolute Gasteiger partial charge is 0.356 e. The van der Waals surface area contributed by atoms with Crippen molar-refractivity contribution in [1.29, 1.82) is 0 Å². The van der Waals surface area contributed by atoms with Gasteiger partial charge in [-0.15, -0.1) is 0 Å². The molecule has 0 aromatic carbocycles. The van der Waals surface area contributed by atoms with E-state index in [2.05, 4.69) is 27.2 Å². The Bertz CT molecular complexity index is 396. The lowest BCUT2D eigenvalue weighted by Gasteiger charge is -2.33. The normalized spacial score (nSPS) is 20.6. The molecule has 17 heavy (non-hydrogen) atoms. The molecule has 1 aromatic rings. The van der Waals surface area contributed by atoms with Crippen molar-refractivity contribution in [2.45, 2.75) is 38.1 Å². The maximum absolute atomic E-state index is 4.52. The van der Waals surface area contributed by atoms with Crippen LogP contribution in [0.25, 0.3) is 0 Å². The van der Waals surface area contributed by atoms with E-state index in [9.17, 15) is 0 Å². The number of nitrogens with zero attached hydrogens (tertiary/aromatic N) is 3. The van der Waals surface area contributed by atoms with E-state index in [0.717, 1.165) is 25.9 Å². The summed E-state index contributed by atoms with van der Waals surface area (Å²) in [6.45, 7) is 2.24. The summed E-state index contributed by atoms with van der Waals surface area (Å²) in [7, 11) is 2.06. The first-order valence-electron chi connectivity index (χ1n) is 6.63. The highest BCUT2D eigenvalue weighted by Crippen LogP contribution is 2.29. The molecule has 0 unspecified atom stereocenters. The van der Waals surface area contributed by atoms with Gasteiger partial charge >= 0.3 is 0 Å². The number of anilines is 1. The Kier molecular flexibility index (Phi) is 2.97. The van der Waals surface area contributed by atoms with E-state index in [1.54, 1.807) is 6.33 Å². The average molecular weight is 232 g/mol. The number of aryl methyl sites for hydroxylation is 1. The van der Waals surface area contributed by atoms with Gasteiger partial charge in [0.05, 0.1) is 0 Å². The van der Waals surface area contributed by atoms with Gasteiger partial charge in [0, 0.05) is 30.4 Å². The van der Waals surface area contributed by atoms with Gasteiger partial charge in [0.1, 0.15) is 12.1 Å². The van der Waals surface area contributed by atoms with E-state index >= 15 is 0 Å². The Morgan fingerprint density at radius 2 is 2.06 bits per heavy atom. The number of hydrogen-bond donors (Lipinski definition) is 1. The van der Waals surface area contributed by atoms with Crippen LogP contribution in [0.1, 0.15) is 30.5 Å². The Morgan fingerprint density at radius 3 is 2.82 bits per heavy atom. The van der Waals surface area contributed by atoms with Crippen molar-refractivity contribution in [3.05, 3.63) is 17.6 Å². The molecule has 0 atom stereocenters. The molecule has 1 fully saturated rings. The third-order valence-corrected chi connectivity index (χ3v) is 4.05. The van der Waals surface area contributed by atoms with Crippen LogP contribution in [0, 0.1) is 0 Å². The summed E-state index contributed by atoms with van der Waals surface area (Å²) in [5.41, 5.74) is 2.70. The molecule has 1 saturated heterocycles. The predicted octanol–water partition coefficient (Wildman–Crippen LogP) is 1.15. The second kappa shape index (κ2) is 4.61. The highest BCUT2D eigenvalue weighted by molar-refractivity contribution is 5.50. The molecule has 0 radical (unpaired) electrons. The van der Waals surface area contributed by atoms with Gasteiger partial charge in [-0.1, -0.05) is 0 Å². The Hall–Kier alpha value is -1.16. The first-order valence-corrected chi connectivity index (χ1v) is 6.63. The van der Waals surface area contributed by atoms with Crippen LogP contribution in [-0.2, 0) is 12.8 Å². The highest BCUT2D eigenvalue weighted by atomic mass is 15.2. The van der Waals surface area contributed by atoms with Crippen LogP contribution in [-0.4, -0.2) is 36.1 Å². The molecule has 1 aliphatic heterocycles. The smallest absolute Gasteiger partial charge is 0.135 e. The molecular weight excluding hydrogens is 212 g/mol. The number of fused-ring (bicyclic) bond motifs is 1. The summed E-state index contributed by atoms with van der Waals surface area (Å²) in [6, 6.07) is 0.682. The van der Waals surface area contributed by atoms with Gasteiger partial charge in [-0.3, -0.25) is 0 Å². The standard InChI is InChI=1S/C13H20N4/c1-14-10-5-7-17(8-6-10)13-11-3-2-4-12(11)15-9-16-13/h9-10,14H,2-8H2,1H3. The van der Waals surface area contributed by atoms with Crippen molar-refractivity contribution >= 4 is 5.82 Å². The van der Waals surface area contributed by atoms with Crippen LogP contribution in [0.2, 0.25) is 0 Å². The highest BCUT2D eigenvalue weighted by Gasteiger charge is 2.24. The van der Waals surface area contributed by atoms with Crippen molar-refractivity contribution in [2.24, 2.45) is 0 Å². The van der Waals surface area contributed by atoms with Crippen LogP contribution in [0.3, 0.4) is 0 Å². The first kappa shape index (κ1) is 11.0. The van der Waals surface area contributed by atoms with E-state index in [1.807, 2.05) is 0 Å².